The minimum atomic E-state index is -2.90. The number of imide groups is 1. The summed E-state index contributed by atoms with van der Waals surface area (Å²) >= 11 is 0. The standard InChI is InChI=1S/C27H27F2N3O4/c1-17(20-10-9-19-5-3-4-6-21(19)15-20)30-23(33)16-32-24(34)27(2,31-26(32)35)14-13-18-7-11-22(12-8-18)36-25(28)29/h3-12,15,17,25H,13-14,16H2,1-2H3,(H,30,33)(H,31,35)/t17-,27+/m0/s1. The zero-order chi connectivity index (χ0) is 25.9. The van der Waals surface area contributed by atoms with Crippen molar-refractivity contribution >= 4 is 28.6 Å². The van der Waals surface area contributed by atoms with Crippen molar-refractivity contribution < 1.29 is 27.9 Å². The van der Waals surface area contributed by atoms with Gasteiger partial charge in [-0.15, -0.1) is 0 Å². The van der Waals surface area contributed by atoms with E-state index in [0.717, 1.165) is 26.8 Å². The lowest BCUT2D eigenvalue weighted by Crippen LogP contribution is -2.45. The molecule has 188 valence electrons. The number of hydrogen-bond acceptors (Lipinski definition) is 4. The van der Waals surface area contributed by atoms with Crippen LogP contribution in [0.3, 0.4) is 0 Å². The van der Waals surface area contributed by atoms with Crippen LogP contribution in [0.1, 0.15) is 37.4 Å². The Hall–Kier alpha value is -4.01. The highest BCUT2D eigenvalue weighted by Gasteiger charge is 2.47. The first-order chi connectivity index (χ1) is 17.1. The van der Waals surface area contributed by atoms with Crippen LogP contribution >= 0.6 is 0 Å². The van der Waals surface area contributed by atoms with Crippen molar-refractivity contribution in [3.05, 3.63) is 77.9 Å². The molecule has 3 aromatic rings. The van der Waals surface area contributed by atoms with Crippen LogP contribution < -0.4 is 15.4 Å². The molecule has 1 fully saturated rings. The second-order valence-corrected chi connectivity index (χ2v) is 9.07. The number of benzene rings is 3. The summed E-state index contributed by atoms with van der Waals surface area (Å²) in [4.78, 5) is 39.2. The Balaban J connectivity index is 1.34. The largest absolute Gasteiger partial charge is 0.435 e. The summed E-state index contributed by atoms with van der Waals surface area (Å²) in [6, 6.07) is 19.0. The van der Waals surface area contributed by atoms with Crippen LogP contribution in [0.5, 0.6) is 5.75 Å². The Kier molecular flexibility index (Phi) is 7.19. The molecule has 36 heavy (non-hydrogen) atoms. The molecule has 4 rings (SSSR count). The molecule has 2 atom stereocenters. The number of hydrogen-bond donors (Lipinski definition) is 2. The topological polar surface area (TPSA) is 87.7 Å². The maximum absolute atomic E-state index is 13.0. The number of carbonyl (C=O) groups is 3. The summed E-state index contributed by atoms with van der Waals surface area (Å²) in [6.07, 6.45) is 0.689. The molecule has 9 heteroatoms. The van der Waals surface area contributed by atoms with Gasteiger partial charge in [-0.3, -0.25) is 14.5 Å². The van der Waals surface area contributed by atoms with E-state index in [1.54, 1.807) is 19.1 Å². The molecule has 1 aliphatic rings. The third kappa shape index (κ3) is 5.62. The smallest absolute Gasteiger partial charge is 0.387 e. The number of halogens is 2. The molecule has 0 unspecified atom stereocenters. The van der Waals surface area contributed by atoms with Gasteiger partial charge in [0.25, 0.3) is 5.91 Å². The third-order valence-corrected chi connectivity index (χ3v) is 6.36. The van der Waals surface area contributed by atoms with E-state index in [1.165, 1.54) is 12.1 Å². The molecule has 0 aromatic heterocycles. The highest BCUT2D eigenvalue weighted by molar-refractivity contribution is 6.08. The molecule has 0 bridgehead atoms. The van der Waals surface area contributed by atoms with E-state index in [9.17, 15) is 23.2 Å². The number of rotatable bonds is 9. The maximum atomic E-state index is 13.0. The van der Waals surface area contributed by atoms with E-state index < -0.39 is 36.5 Å². The van der Waals surface area contributed by atoms with Crippen LogP contribution in [0.25, 0.3) is 10.8 Å². The monoisotopic (exact) mass is 495 g/mol. The number of carbonyl (C=O) groups excluding carboxylic acids is 3. The van der Waals surface area contributed by atoms with Crippen LogP contribution in [0, 0.1) is 0 Å². The van der Waals surface area contributed by atoms with E-state index in [0.29, 0.717) is 6.42 Å². The van der Waals surface area contributed by atoms with Gasteiger partial charge in [-0.05, 0) is 66.8 Å². The first-order valence-electron chi connectivity index (χ1n) is 11.6. The van der Waals surface area contributed by atoms with Gasteiger partial charge in [0.1, 0.15) is 17.8 Å². The second kappa shape index (κ2) is 10.3. The van der Waals surface area contributed by atoms with Gasteiger partial charge >= 0.3 is 12.6 Å². The second-order valence-electron chi connectivity index (χ2n) is 9.07. The van der Waals surface area contributed by atoms with Gasteiger partial charge in [-0.1, -0.05) is 48.5 Å². The average molecular weight is 496 g/mol. The van der Waals surface area contributed by atoms with Crippen molar-refractivity contribution in [2.45, 2.75) is 44.9 Å². The van der Waals surface area contributed by atoms with E-state index in [4.69, 9.17) is 0 Å². The molecule has 4 amide bonds. The lowest BCUT2D eigenvalue weighted by molar-refractivity contribution is -0.134. The molecule has 0 radical (unpaired) electrons. The Morgan fingerprint density at radius 1 is 1.06 bits per heavy atom. The molecule has 1 saturated heterocycles. The van der Waals surface area contributed by atoms with Crippen molar-refractivity contribution in [2.75, 3.05) is 6.54 Å². The van der Waals surface area contributed by atoms with Crippen LogP contribution in [0.15, 0.2) is 66.7 Å². The fraction of sp³-hybridized carbons (Fsp3) is 0.296. The summed E-state index contributed by atoms with van der Waals surface area (Å²) in [5, 5.41) is 7.68. The Morgan fingerprint density at radius 2 is 1.75 bits per heavy atom. The highest BCUT2D eigenvalue weighted by Crippen LogP contribution is 2.25. The zero-order valence-corrected chi connectivity index (χ0v) is 20.0. The number of fused-ring (bicyclic) bond motifs is 1. The van der Waals surface area contributed by atoms with Crippen molar-refractivity contribution in [3.8, 4) is 5.75 Å². The van der Waals surface area contributed by atoms with Gasteiger partial charge in [-0.2, -0.15) is 8.78 Å². The quantitative estimate of drug-likeness (QED) is 0.426. The van der Waals surface area contributed by atoms with Crippen molar-refractivity contribution in [1.82, 2.24) is 15.5 Å². The SMILES string of the molecule is C[C@H](NC(=O)CN1C(=O)N[C@](C)(CCc2ccc(OC(F)F)cc2)C1=O)c1ccc2ccccc2c1. The van der Waals surface area contributed by atoms with Crippen LogP contribution in [0.4, 0.5) is 13.6 Å². The molecular weight excluding hydrogens is 468 g/mol. The van der Waals surface area contributed by atoms with Gasteiger partial charge < -0.3 is 15.4 Å². The minimum Gasteiger partial charge on any atom is -0.435 e. The number of amides is 4. The van der Waals surface area contributed by atoms with E-state index in [-0.39, 0.29) is 18.2 Å². The summed E-state index contributed by atoms with van der Waals surface area (Å²) in [7, 11) is 0. The average Bonchev–Trinajstić information content (AvgIpc) is 3.06. The molecule has 0 spiro atoms. The lowest BCUT2D eigenvalue weighted by Gasteiger charge is -2.22. The van der Waals surface area contributed by atoms with E-state index in [2.05, 4.69) is 15.4 Å². The Morgan fingerprint density at radius 3 is 2.44 bits per heavy atom. The third-order valence-electron chi connectivity index (χ3n) is 6.36. The van der Waals surface area contributed by atoms with Gasteiger partial charge in [0.15, 0.2) is 0 Å². The van der Waals surface area contributed by atoms with E-state index in [1.807, 2.05) is 49.4 Å². The molecule has 3 aromatic carbocycles. The number of urea groups is 1. The number of nitrogens with one attached hydrogen (secondary N) is 2. The number of ether oxygens (including phenoxy) is 1. The molecular formula is C27H27F2N3O4. The summed E-state index contributed by atoms with van der Waals surface area (Å²) in [5.41, 5.74) is 0.522. The summed E-state index contributed by atoms with van der Waals surface area (Å²) in [6.45, 7) is 0.157. The normalized spacial score (nSPS) is 18.4. The van der Waals surface area contributed by atoms with Crippen molar-refractivity contribution in [1.29, 1.82) is 0 Å². The maximum Gasteiger partial charge on any atom is 0.387 e. The first-order valence-corrected chi connectivity index (χ1v) is 11.6. The van der Waals surface area contributed by atoms with Crippen LogP contribution in [-0.2, 0) is 16.0 Å². The number of alkyl halides is 2. The summed E-state index contributed by atoms with van der Waals surface area (Å²) in [5.74, 6) is -0.892. The highest BCUT2D eigenvalue weighted by atomic mass is 19.3. The Bertz CT molecular complexity index is 1280. The van der Waals surface area contributed by atoms with Gasteiger partial charge in [-0.25, -0.2) is 4.79 Å². The molecule has 1 heterocycles. The minimum absolute atomic E-state index is 0.0420. The fourth-order valence-electron chi connectivity index (χ4n) is 4.28. The van der Waals surface area contributed by atoms with Gasteiger partial charge in [0, 0.05) is 0 Å². The predicted molar refractivity (Wildman–Crippen MR) is 131 cm³/mol. The van der Waals surface area contributed by atoms with Crippen LogP contribution in [-0.4, -0.2) is 41.4 Å². The molecule has 1 aliphatic heterocycles. The van der Waals surface area contributed by atoms with Crippen LogP contribution in [0.2, 0.25) is 0 Å². The molecule has 7 nitrogen and oxygen atoms in total. The number of aryl methyl sites for hydroxylation is 1. The lowest BCUT2D eigenvalue weighted by atomic mass is 9.93. The molecule has 2 N–H and O–H groups in total. The van der Waals surface area contributed by atoms with Gasteiger partial charge in [0.2, 0.25) is 5.91 Å². The Labute approximate surface area is 207 Å². The first kappa shape index (κ1) is 25.1. The van der Waals surface area contributed by atoms with Crippen molar-refractivity contribution in [3.63, 3.8) is 0 Å². The predicted octanol–water partition coefficient (Wildman–Crippen LogP) is 4.56. The van der Waals surface area contributed by atoms with Gasteiger partial charge in [0.05, 0.1) is 6.04 Å². The zero-order valence-electron chi connectivity index (χ0n) is 20.0. The van der Waals surface area contributed by atoms with E-state index >= 15 is 0 Å². The van der Waals surface area contributed by atoms with Crippen molar-refractivity contribution in [2.24, 2.45) is 0 Å². The summed E-state index contributed by atoms with van der Waals surface area (Å²) < 4.78 is 29.0. The number of nitrogens with zero attached hydrogens (tertiary/aromatic N) is 1. The molecule has 0 aliphatic carbocycles. The fourth-order valence-corrected chi connectivity index (χ4v) is 4.28. The molecule has 0 saturated carbocycles.